The molecule has 0 bridgehead atoms. The Hall–Kier alpha value is -0.160. The summed E-state index contributed by atoms with van der Waals surface area (Å²) >= 11 is 0. The van der Waals surface area contributed by atoms with Crippen molar-refractivity contribution in [3.05, 3.63) is 0 Å². The van der Waals surface area contributed by atoms with E-state index in [9.17, 15) is 5.11 Å². The van der Waals surface area contributed by atoms with Crippen molar-refractivity contribution in [2.45, 2.75) is 52.2 Å². The average molecular weight is 247 g/mol. The van der Waals surface area contributed by atoms with Gasteiger partial charge in [0.25, 0.3) is 0 Å². The molecule has 1 unspecified atom stereocenters. The standard InChI is InChI=1S/C13H29NO3/c1-4-5-8-16-10-13(15)11-17-9-6-7-14-12(2)3/h12-15H,4-11H2,1-3H3. The van der Waals surface area contributed by atoms with E-state index in [4.69, 9.17) is 9.47 Å². The lowest BCUT2D eigenvalue weighted by atomic mass is 10.3. The molecule has 0 fully saturated rings. The number of aliphatic hydroxyl groups excluding tert-OH is 1. The van der Waals surface area contributed by atoms with Crippen LogP contribution in [0.2, 0.25) is 0 Å². The maximum Gasteiger partial charge on any atom is 0.101 e. The highest BCUT2D eigenvalue weighted by atomic mass is 16.5. The minimum atomic E-state index is -0.495. The van der Waals surface area contributed by atoms with Gasteiger partial charge in [-0.2, -0.15) is 0 Å². The van der Waals surface area contributed by atoms with Crippen LogP contribution >= 0.6 is 0 Å². The fourth-order valence-electron chi connectivity index (χ4n) is 1.30. The zero-order valence-electron chi connectivity index (χ0n) is 11.6. The van der Waals surface area contributed by atoms with Crippen molar-refractivity contribution in [3.63, 3.8) is 0 Å². The van der Waals surface area contributed by atoms with Crippen molar-refractivity contribution in [1.82, 2.24) is 5.32 Å². The molecule has 0 radical (unpaired) electrons. The Morgan fingerprint density at radius 3 is 2.18 bits per heavy atom. The maximum atomic E-state index is 9.53. The van der Waals surface area contributed by atoms with E-state index in [1.165, 1.54) is 0 Å². The van der Waals surface area contributed by atoms with Gasteiger partial charge in [0.1, 0.15) is 6.10 Å². The van der Waals surface area contributed by atoms with E-state index in [0.717, 1.165) is 32.4 Å². The van der Waals surface area contributed by atoms with Crippen molar-refractivity contribution < 1.29 is 14.6 Å². The van der Waals surface area contributed by atoms with Gasteiger partial charge in [-0.25, -0.2) is 0 Å². The average Bonchev–Trinajstić information content (AvgIpc) is 2.29. The summed E-state index contributed by atoms with van der Waals surface area (Å²) < 4.78 is 10.7. The maximum absolute atomic E-state index is 9.53. The van der Waals surface area contributed by atoms with Crippen molar-refractivity contribution in [1.29, 1.82) is 0 Å². The van der Waals surface area contributed by atoms with Gasteiger partial charge in [0.2, 0.25) is 0 Å². The van der Waals surface area contributed by atoms with E-state index in [2.05, 4.69) is 26.1 Å². The molecule has 104 valence electrons. The lowest BCUT2D eigenvalue weighted by Gasteiger charge is -2.12. The molecule has 0 heterocycles. The highest BCUT2D eigenvalue weighted by Gasteiger charge is 2.03. The summed E-state index contributed by atoms with van der Waals surface area (Å²) in [6.07, 6.45) is 2.65. The Morgan fingerprint density at radius 1 is 1.06 bits per heavy atom. The summed E-state index contributed by atoms with van der Waals surface area (Å²) in [7, 11) is 0. The summed E-state index contributed by atoms with van der Waals surface area (Å²) in [6.45, 7) is 9.49. The van der Waals surface area contributed by atoms with Crippen molar-refractivity contribution >= 4 is 0 Å². The first-order valence-corrected chi connectivity index (χ1v) is 6.73. The van der Waals surface area contributed by atoms with Gasteiger partial charge in [0.05, 0.1) is 13.2 Å². The molecule has 0 saturated heterocycles. The summed E-state index contributed by atoms with van der Waals surface area (Å²) in [6, 6.07) is 0.521. The minimum Gasteiger partial charge on any atom is -0.388 e. The number of unbranched alkanes of at least 4 members (excludes halogenated alkanes) is 1. The third-order valence-electron chi connectivity index (χ3n) is 2.28. The van der Waals surface area contributed by atoms with E-state index >= 15 is 0 Å². The second-order valence-electron chi connectivity index (χ2n) is 4.62. The van der Waals surface area contributed by atoms with Gasteiger partial charge in [-0.15, -0.1) is 0 Å². The van der Waals surface area contributed by atoms with Crippen LogP contribution in [0, 0.1) is 0 Å². The van der Waals surface area contributed by atoms with Crippen molar-refractivity contribution in [3.8, 4) is 0 Å². The molecule has 0 aromatic carbocycles. The molecule has 2 N–H and O–H groups in total. The first kappa shape index (κ1) is 16.8. The van der Waals surface area contributed by atoms with Gasteiger partial charge in [0.15, 0.2) is 0 Å². The van der Waals surface area contributed by atoms with Crippen LogP contribution in [0.5, 0.6) is 0 Å². The van der Waals surface area contributed by atoms with E-state index in [1.54, 1.807) is 0 Å². The van der Waals surface area contributed by atoms with Crippen LogP contribution < -0.4 is 5.32 Å². The Morgan fingerprint density at radius 2 is 1.65 bits per heavy atom. The summed E-state index contributed by atoms with van der Waals surface area (Å²) in [4.78, 5) is 0. The van der Waals surface area contributed by atoms with Crippen LogP contribution in [0.1, 0.15) is 40.0 Å². The molecule has 0 aliphatic carbocycles. The number of aliphatic hydroxyl groups is 1. The topological polar surface area (TPSA) is 50.7 Å². The zero-order valence-corrected chi connectivity index (χ0v) is 11.6. The number of hydrogen-bond donors (Lipinski definition) is 2. The fraction of sp³-hybridized carbons (Fsp3) is 1.00. The predicted octanol–water partition coefficient (Wildman–Crippen LogP) is 1.57. The van der Waals surface area contributed by atoms with Gasteiger partial charge in [-0.05, 0) is 19.4 Å². The number of rotatable bonds is 12. The summed E-state index contributed by atoms with van der Waals surface area (Å²) in [5, 5.41) is 12.8. The highest BCUT2D eigenvalue weighted by molar-refractivity contribution is 4.54. The van der Waals surface area contributed by atoms with Crippen molar-refractivity contribution in [2.24, 2.45) is 0 Å². The third kappa shape index (κ3) is 13.8. The Kier molecular flexibility index (Phi) is 12.2. The molecular formula is C13H29NO3. The molecule has 4 heteroatoms. The summed E-state index contributed by atoms with van der Waals surface area (Å²) in [5.74, 6) is 0. The van der Waals surface area contributed by atoms with Crippen LogP contribution in [-0.2, 0) is 9.47 Å². The molecule has 0 aliphatic heterocycles. The molecule has 0 aromatic rings. The quantitative estimate of drug-likeness (QED) is 0.514. The Balaban J connectivity index is 3.13. The van der Waals surface area contributed by atoms with Gasteiger partial charge in [-0.3, -0.25) is 0 Å². The number of ether oxygens (including phenoxy) is 2. The normalized spacial score (nSPS) is 13.2. The van der Waals surface area contributed by atoms with E-state index in [-0.39, 0.29) is 0 Å². The SMILES string of the molecule is CCCCOCC(O)COCCCNC(C)C. The second-order valence-corrected chi connectivity index (χ2v) is 4.62. The monoisotopic (exact) mass is 247 g/mol. The zero-order chi connectivity index (χ0) is 12.9. The first-order chi connectivity index (χ1) is 8.16. The predicted molar refractivity (Wildman–Crippen MR) is 70.3 cm³/mol. The molecule has 0 amide bonds. The van der Waals surface area contributed by atoms with Crippen LogP contribution in [-0.4, -0.2) is 50.2 Å². The molecule has 1 atom stereocenters. The molecular weight excluding hydrogens is 218 g/mol. The largest absolute Gasteiger partial charge is 0.388 e. The van der Waals surface area contributed by atoms with E-state index in [0.29, 0.717) is 25.9 Å². The molecule has 0 aliphatic rings. The van der Waals surface area contributed by atoms with Crippen LogP contribution in [0.15, 0.2) is 0 Å². The van der Waals surface area contributed by atoms with Gasteiger partial charge >= 0.3 is 0 Å². The van der Waals surface area contributed by atoms with Gasteiger partial charge < -0.3 is 19.9 Å². The van der Waals surface area contributed by atoms with Gasteiger partial charge in [0, 0.05) is 19.3 Å². The van der Waals surface area contributed by atoms with Crippen LogP contribution in [0.4, 0.5) is 0 Å². The third-order valence-corrected chi connectivity index (χ3v) is 2.28. The Bertz CT molecular complexity index is 154. The number of nitrogens with one attached hydrogen (secondary N) is 1. The smallest absolute Gasteiger partial charge is 0.101 e. The summed E-state index contributed by atoms with van der Waals surface area (Å²) in [5.41, 5.74) is 0. The molecule has 0 saturated carbocycles. The lowest BCUT2D eigenvalue weighted by Crippen LogP contribution is -2.26. The van der Waals surface area contributed by atoms with Crippen LogP contribution in [0.25, 0.3) is 0 Å². The molecule has 0 aromatic heterocycles. The Labute approximate surface area is 106 Å². The lowest BCUT2D eigenvalue weighted by molar-refractivity contribution is -0.0196. The number of hydrogen-bond acceptors (Lipinski definition) is 4. The van der Waals surface area contributed by atoms with Gasteiger partial charge in [-0.1, -0.05) is 27.2 Å². The van der Waals surface area contributed by atoms with Crippen molar-refractivity contribution in [2.75, 3.05) is 33.0 Å². The van der Waals surface area contributed by atoms with E-state index < -0.39 is 6.10 Å². The first-order valence-electron chi connectivity index (χ1n) is 6.73. The molecule has 0 spiro atoms. The fourth-order valence-corrected chi connectivity index (χ4v) is 1.30. The molecule has 0 rings (SSSR count). The molecule has 4 nitrogen and oxygen atoms in total. The second kappa shape index (κ2) is 12.3. The molecule has 17 heavy (non-hydrogen) atoms. The van der Waals surface area contributed by atoms with Crippen LogP contribution in [0.3, 0.4) is 0 Å². The highest BCUT2D eigenvalue weighted by Crippen LogP contribution is 1.93. The van der Waals surface area contributed by atoms with E-state index in [1.807, 2.05) is 0 Å². The minimum absolute atomic E-state index is 0.369.